The van der Waals surface area contributed by atoms with Crippen LogP contribution in [-0.2, 0) is 28.7 Å². The van der Waals surface area contributed by atoms with Crippen LogP contribution in [0.3, 0.4) is 0 Å². The van der Waals surface area contributed by atoms with E-state index in [9.17, 15) is 37.5 Å². The molecule has 8 aliphatic rings. The van der Waals surface area contributed by atoms with E-state index in [4.69, 9.17) is 29.6 Å². The Bertz CT molecular complexity index is 5390. The highest BCUT2D eigenvalue weighted by Gasteiger charge is 2.44. The molecule has 6 amide bonds. The molecular formula is C85H84F2N18O8. The lowest BCUT2D eigenvalue weighted by Crippen LogP contribution is -2.52. The molecule has 10 aromatic rings. The van der Waals surface area contributed by atoms with Crippen molar-refractivity contribution in [2.75, 3.05) is 105 Å². The number of piperazine rings is 2. The van der Waals surface area contributed by atoms with Gasteiger partial charge in [-0.2, -0.15) is 0 Å². The molecule has 8 aliphatic heterocycles. The zero-order valence-corrected chi connectivity index (χ0v) is 62.4. The molecule has 26 nitrogen and oxygen atoms in total. The van der Waals surface area contributed by atoms with Gasteiger partial charge in [0.15, 0.2) is 11.3 Å². The first-order valence-corrected chi connectivity index (χ1v) is 38.6. The van der Waals surface area contributed by atoms with Gasteiger partial charge in [-0.1, -0.05) is 91.3 Å². The number of benzene rings is 4. The van der Waals surface area contributed by atoms with Crippen LogP contribution in [0.4, 0.5) is 41.6 Å². The first-order chi connectivity index (χ1) is 55.2. The number of hydrogen-bond acceptors (Lipinski definition) is 20. The average Bonchev–Trinajstić information content (AvgIpc) is 1.62. The summed E-state index contributed by atoms with van der Waals surface area (Å²) in [6, 6.07) is 47.9. The molecule has 8 saturated heterocycles. The number of nitrogens with zero attached hydrogens (tertiary/aromatic N) is 15. The number of carbonyl (C=O) groups excluding carboxylic acids is 6. The van der Waals surface area contributed by atoms with Gasteiger partial charge in [0.05, 0.1) is 55.5 Å². The Morgan fingerprint density at radius 1 is 0.460 bits per heavy atom. The number of hydrogen-bond donors (Lipinski definition) is 3. The van der Waals surface area contributed by atoms with E-state index >= 15 is 0 Å². The van der Waals surface area contributed by atoms with E-state index in [2.05, 4.69) is 80.2 Å². The Morgan fingerprint density at radius 3 is 1.40 bits per heavy atom. The fourth-order valence-electron chi connectivity index (χ4n) is 16.0. The highest BCUT2D eigenvalue weighted by molar-refractivity contribution is 6.02. The molecule has 28 heteroatoms. The lowest BCUT2D eigenvalue weighted by Gasteiger charge is -2.34. The summed E-state index contributed by atoms with van der Waals surface area (Å²) in [6.07, 6.45) is 7.39. The summed E-state index contributed by atoms with van der Waals surface area (Å²) in [5.41, 5.74) is 10.1. The minimum atomic E-state index is -0.708. The van der Waals surface area contributed by atoms with E-state index in [1.165, 1.54) is 21.9 Å². The van der Waals surface area contributed by atoms with Gasteiger partial charge in [0.25, 0.3) is 0 Å². The average molecular weight is 1520 g/mol. The smallest absolute Gasteiger partial charge is 0.411 e. The van der Waals surface area contributed by atoms with Crippen molar-refractivity contribution < 1.29 is 47.0 Å². The number of carbonyl (C=O) groups is 6. The SMILES string of the molecule is CCC#Cc1cccc([C@H]2CN(C3CCC(=O)NC3=O)C(=O)O2)c1.Fc1cccc([C@H]2CCCN2c2ccc3ncc(-c4cccc(N5CCNCC5)n4)n3n2)c1.O=C1CCC(N2C[C@H](c3cccc(C#CCN4CCN(c5cccc(-c6cnc7ccc(N8CCC[C@@H]8c8cccc(F)c8)nn67)n5)CC4)c3)OC2=O)C(=O)N1. The topological polar surface area (TPSA) is 266 Å². The van der Waals surface area contributed by atoms with E-state index < -0.39 is 48.3 Å². The highest BCUT2D eigenvalue weighted by Crippen LogP contribution is 2.39. The van der Waals surface area contributed by atoms with Crippen molar-refractivity contribution >= 4 is 70.4 Å². The van der Waals surface area contributed by atoms with Crippen LogP contribution in [0.2, 0.25) is 0 Å². The maximum atomic E-state index is 14.1. The molecule has 8 fully saturated rings. The second-order valence-electron chi connectivity index (χ2n) is 29.0. The van der Waals surface area contributed by atoms with Crippen LogP contribution in [0, 0.1) is 35.3 Å². The Balaban J connectivity index is 0.000000142. The number of amides is 6. The summed E-state index contributed by atoms with van der Waals surface area (Å²) in [6.45, 7) is 11.9. The quantitative estimate of drug-likeness (QED) is 0.0715. The van der Waals surface area contributed by atoms with E-state index in [1.54, 1.807) is 24.3 Å². The Hall–Kier alpha value is -12.7. The monoisotopic (exact) mass is 1520 g/mol. The van der Waals surface area contributed by atoms with Crippen molar-refractivity contribution in [1.82, 2.24) is 69.8 Å². The maximum absolute atomic E-state index is 14.1. The van der Waals surface area contributed by atoms with Crippen LogP contribution in [0.25, 0.3) is 34.1 Å². The molecule has 576 valence electrons. The molecule has 0 aliphatic carbocycles. The number of ether oxygens (including phenoxy) is 2. The fraction of sp³-hybridized carbons (Fsp3) is 0.341. The number of halogens is 2. The number of imide groups is 2. The van der Waals surface area contributed by atoms with Crippen LogP contribution in [0.5, 0.6) is 0 Å². The third-order valence-corrected chi connectivity index (χ3v) is 21.7. The zero-order valence-electron chi connectivity index (χ0n) is 62.4. The van der Waals surface area contributed by atoms with Gasteiger partial charge < -0.3 is 34.4 Å². The number of aromatic nitrogens is 8. The van der Waals surface area contributed by atoms with Gasteiger partial charge in [-0.25, -0.2) is 47.3 Å². The summed E-state index contributed by atoms with van der Waals surface area (Å²) < 4.78 is 42.7. The van der Waals surface area contributed by atoms with Crippen LogP contribution < -0.4 is 35.6 Å². The molecular weight excluding hydrogens is 1440 g/mol. The lowest BCUT2D eigenvalue weighted by atomic mass is 10.0. The first-order valence-electron chi connectivity index (χ1n) is 38.6. The summed E-state index contributed by atoms with van der Waals surface area (Å²) in [5, 5.41) is 17.9. The second kappa shape index (κ2) is 33.5. The number of cyclic esters (lactones) is 2. The molecule has 4 aromatic carbocycles. The van der Waals surface area contributed by atoms with Gasteiger partial charge in [0, 0.05) is 95.8 Å². The van der Waals surface area contributed by atoms with Gasteiger partial charge in [-0.3, -0.25) is 44.5 Å². The molecule has 0 radical (unpaired) electrons. The van der Waals surface area contributed by atoms with Crippen LogP contribution in [0.15, 0.2) is 170 Å². The maximum Gasteiger partial charge on any atom is 0.411 e. The number of rotatable bonds is 13. The summed E-state index contributed by atoms with van der Waals surface area (Å²) >= 11 is 0. The molecule has 18 rings (SSSR count). The van der Waals surface area contributed by atoms with Crippen LogP contribution in [-0.4, -0.2) is 187 Å². The third kappa shape index (κ3) is 16.7. The number of imidazole rings is 2. The summed E-state index contributed by atoms with van der Waals surface area (Å²) in [4.78, 5) is 105. The third-order valence-electron chi connectivity index (χ3n) is 21.7. The minimum absolute atomic E-state index is 0.0617. The molecule has 113 heavy (non-hydrogen) atoms. The second-order valence-corrected chi connectivity index (χ2v) is 29.0. The van der Waals surface area contributed by atoms with E-state index in [1.807, 2.05) is 144 Å². The van der Waals surface area contributed by atoms with Gasteiger partial charge in [-0.15, -0.1) is 10.2 Å². The van der Waals surface area contributed by atoms with Crippen LogP contribution in [0.1, 0.15) is 122 Å². The summed E-state index contributed by atoms with van der Waals surface area (Å²) in [5.74, 6) is 14.2. The zero-order chi connectivity index (χ0) is 77.5. The molecule has 14 heterocycles. The largest absolute Gasteiger partial charge is 0.439 e. The Kier molecular flexibility index (Phi) is 22.1. The highest BCUT2D eigenvalue weighted by atomic mass is 19.1. The van der Waals surface area contributed by atoms with Crippen molar-refractivity contribution in [2.24, 2.45) is 0 Å². The molecule has 6 aromatic heterocycles. The number of anilines is 4. The van der Waals surface area contributed by atoms with Gasteiger partial charge >= 0.3 is 12.2 Å². The van der Waals surface area contributed by atoms with Crippen molar-refractivity contribution in [3.05, 3.63) is 215 Å². The lowest BCUT2D eigenvalue weighted by molar-refractivity contribution is -0.138. The standard InChI is InChI=1S/C42H40FN9O4.C25H26FN7.C18H18N2O4/c43-31-10-2-8-29(25-31)33-12-5-19-50(33)39-16-15-37-44-26-35(52(37)47-39)32-11-3-13-38(45-32)49-22-20-48(21-23-49)18-4-7-28-6-1-9-30(24-28)36-27-51(42(55)56-36)34-14-17-40(53)46-41(34)54;26-19-5-1-4-18(16-19)21-7-3-13-32(21)25-10-9-23-28-17-22(33(23)30-25)20-6-2-8-24(29-20)31-14-11-27-12-15-31;1-2-3-5-12-6-4-7-13(10-12)15-11-20(18(23)24-15)14-8-9-16(21)19-17(14)22/h1-3,6,8-11,13,15-16,24-26,33-34,36H,5,12,14,17-23,27H2,(H,46,53,54);1-2,4-6,8-10,16-17,21,27H,3,7,11-15H2;4,6-7,10,14-15H,2,8-9,11H2,1H3,(H,19,21,22)/t33-,34?,36-;21-;14?,15-/m111/s1. The van der Waals surface area contributed by atoms with Crippen molar-refractivity contribution in [3.63, 3.8) is 0 Å². The number of nitrogens with one attached hydrogen (secondary N) is 3. The molecule has 3 N–H and O–H groups in total. The van der Waals surface area contributed by atoms with Crippen LogP contribution >= 0.6 is 0 Å². The van der Waals surface area contributed by atoms with Crippen molar-refractivity contribution in [3.8, 4) is 46.5 Å². The van der Waals surface area contributed by atoms with Crippen molar-refractivity contribution in [1.29, 1.82) is 0 Å². The Morgan fingerprint density at radius 2 is 0.920 bits per heavy atom. The van der Waals surface area contributed by atoms with E-state index in [-0.39, 0.29) is 67.9 Å². The van der Waals surface area contributed by atoms with Gasteiger partial charge in [-0.05, 0) is 158 Å². The number of piperidine rings is 2. The predicted molar refractivity (Wildman–Crippen MR) is 419 cm³/mol. The van der Waals surface area contributed by atoms with E-state index in [0.29, 0.717) is 13.0 Å². The fourth-order valence-corrected chi connectivity index (χ4v) is 16.0. The minimum Gasteiger partial charge on any atom is -0.439 e. The molecule has 6 atom stereocenters. The molecule has 0 saturated carbocycles. The van der Waals surface area contributed by atoms with Crippen molar-refractivity contribution in [2.45, 2.75) is 101 Å². The van der Waals surface area contributed by atoms with Gasteiger partial charge in [0.1, 0.15) is 70.6 Å². The van der Waals surface area contributed by atoms with Gasteiger partial charge in [0.2, 0.25) is 23.6 Å². The first kappa shape index (κ1) is 74.4. The van der Waals surface area contributed by atoms with E-state index in [0.717, 1.165) is 188 Å². The molecule has 0 bridgehead atoms. The normalized spacial score (nSPS) is 21.2. The summed E-state index contributed by atoms with van der Waals surface area (Å²) in [7, 11) is 0. The predicted octanol–water partition coefficient (Wildman–Crippen LogP) is 10.2. The number of pyridine rings is 2. The molecule has 0 spiro atoms. The Labute approximate surface area is 651 Å². The number of fused-ring (bicyclic) bond motifs is 2. The molecule has 2 unspecified atom stereocenters.